The number of hydrogen-bond acceptors (Lipinski definition) is 7. The number of alkyl halides is 3. The molecule has 32 heavy (non-hydrogen) atoms. The molecule has 0 N–H and O–H groups in total. The van der Waals surface area contributed by atoms with Crippen LogP contribution >= 0.6 is 0 Å². The Labute approximate surface area is 181 Å². The minimum Gasteiger partial charge on any atom is -0.363 e. The third-order valence-corrected chi connectivity index (χ3v) is 5.53. The van der Waals surface area contributed by atoms with E-state index in [4.69, 9.17) is 4.52 Å². The van der Waals surface area contributed by atoms with Crippen molar-refractivity contribution in [2.45, 2.75) is 19.1 Å². The van der Waals surface area contributed by atoms with E-state index in [2.05, 4.69) is 15.0 Å². The molecule has 3 aromatic rings. The van der Waals surface area contributed by atoms with Crippen molar-refractivity contribution in [3.63, 3.8) is 0 Å². The van der Waals surface area contributed by atoms with Crippen LogP contribution in [0.25, 0.3) is 11.4 Å². The number of rotatable bonds is 5. The molecular weight excluding hydrogens is 427 g/mol. The summed E-state index contributed by atoms with van der Waals surface area (Å²) in [6.45, 7) is 4.24. The van der Waals surface area contributed by atoms with Gasteiger partial charge < -0.3 is 9.42 Å². The van der Waals surface area contributed by atoms with Crippen molar-refractivity contribution in [1.82, 2.24) is 15.0 Å². The summed E-state index contributed by atoms with van der Waals surface area (Å²) in [6, 6.07) is 11.2. The van der Waals surface area contributed by atoms with Crippen LogP contribution in [0.1, 0.15) is 24.4 Å². The molecule has 1 aliphatic heterocycles. The monoisotopic (exact) mass is 447 g/mol. The number of nitro groups is 1. The summed E-state index contributed by atoms with van der Waals surface area (Å²) in [7, 11) is 0. The summed E-state index contributed by atoms with van der Waals surface area (Å²) in [5.74, 6) is 0.396. The van der Waals surface area contributed by atoms with Gasteiger partial charge in [0.1, 0.15) is 5.69 Å². The van der Waals surface area contributed by atoms with E-state index in [-0.39, 0.29) is 23.1 Å². The molecule has 11 heteroatoms. The SMILES string of the molecule is CC(c1nc(-c2cccc(C(F)(F)F)c2)no1)N1CCN(c2ccccc2[N+](=O)[O-])CC1. The van der Waals surface area contributed by atoms with Gasteiger partial charge in [-0.05, 0) is 25.1 Å². The Bertz CT molecular complexity index is 1110. The van der Waals surface area contributed by atoms with Gasteiger partial charge in [0.2, 0.25) is 11.7 Å². The highest BCUT2D eigenvalue weighted by Gasteiger charge is 2.31. The maximum Gasteiger partial charge on any atom is 0.416 e. The molecular formula is C21H20F3N5O3. The molecule has 1 atom stereocenters. The normalized spacial score (nSPS) is 16.2. The lowest BCUT2D eigenvalue weighted by atomic mass is 10.1. The van der Waals surface area contributed by atoms with Crippen LogP contribution in [0, 0.1) is 10.1 Å². The third-order valence-electron chi connectivity index (χ3n) is 5.53. The number of nitro benzene ring substituents is 1. The number of para-hydroxylation sites is 2. The average Bonchev–Trinajstić information content (AvgIpc) is 3.28. The van der Waals surface area contributed by atoms with Gasteiger partial charge in [-0.3, -0.25) is 15.0 Å². The van der Waals surface area contributed by atoms with Crippen molar-refractivity contribution in [2.75, 3.05) is 31.1 Å². The standard InChI is InChI=1S/C21H20F3N5O3/c1-14(20-25-19(26-32-20)15-5-4-6-16(13-15)21(22,23)24)27-9-11-28(12-10-27)17-7-2-3-8-18(17)29(30)31/h2-8,13-14H,9-12H2,1H3. The quantitative estimate of drug-likeness (QED) is 0.419. The van der Waals surface area contributed by atoms with E-state index in [1.807, 2.05) is 11.8 Å². The van der Waals surface area contributed by atoms with Gasteiger partial charge in [0.05, 0.1) is 16.5 Å². The predicted octanol–water partition coefficient (Wildman–Crippen LogP) is 4.55. The number of hydrogen-bond donors (Lipinski definition) is 0. The van der Waals surface area contributed by atoms with E-state index in [1.54, 1.807) is 18.2 Å². The Morgan fingerprint density at radius 3 is 2.50 bits per heavy atom. The molecule has 1 saturated heterocycles. The lowest BCUT2D eigenvalue weighted by Crippen LogP contribution is -2.47. The molecule has 1 aromatic heterocycles. The molecule has 0 bridgehead atoms. The van der Waals surface area contributed by atoms with Crippen LogP contribution in [0.5, 0.6) is 0 Å². The number of nitrogens with zero attached hydrogens (tertiary/aromatic N) is 5. The fourth-order valence-corrected chi connectivity index (χ4v) is 3.75. The highest BCUT2D eigenvalue weighted by atomic mass is 19.4. The molecule has 2 heterocycles. The van der Waals surface area contributed by atoms with Crippen molar-refractivity contribution in [3.8, 4) is 11.4 Å². The molecule has 0 saturated carbocycles. The van der Waals surface area contributed by atoms with E-state index in [0.717, 1.165) is 12.1 Å². The summed E-state index contributed by atoms with van der Waals surface area (Å²) >= 11 is 0. The molecule has 0 aliphatic carbocycles. The van der Waals surface area contributed by atoms with E-state index >= 15 is 0 Å². The Morgan fingerprint density at radius 2 is 1.81 bits per heavy atom. The van der Waals surface area contributed by atoms with Crippen molar-refractivity contribution in [2.24, 2.45) is 0 Å². The first kappa shape index (κ1) is 21.8. The van der Waals surface area contributed by atoms with Gasteiger partial charge in [-0.25, -0.2) is 0 Å². The second kappa shape index (κ2) is 8.58. The Hall–Kier alpha value is -3.47. The predicted molar refractivity (Wildman–Crippen MR) is 110 cm³/mol. The minimum absolute atomic E-state index is 0.0663. The molecule has 1 fully saturated rings. The zero-order valence-electron chi connectivity index (χ0n) is 17.1. The summed E-state index contributed by atoms with van der Waals surface area (Å²) in [4.78, 5) is 19.3. The van der Waals surface area contributed by atoms with E-state index in [1.165, 1.54) is 18.2 Å². The smallest absolute Gasteiger partial charge is 0.363 e. The van der Waals surface area contributed by atoms with Crippen molar-refractivity contribution in [3.05, 3.63) is 70.1 Å². The van der Waals surface area contributed by atoms with Crippen LogP contribution in [0.2, 0.25) is 0 Å². The molecule has 0 amide bonds. The number of anilines is 1. The van der Waals surface area contributed by atoms with Gasteiger partial charge in [-0.15, -0.1) is 0 Å². The molecule has 1 aliphatic rings. The van der Waals surface area contributed by atoms with Crippen LogP contribution in [0.3, 0.4) is 0 Å². The van der Waals surface area contributed by atoms with Crippen LogP contribution < -0.4 is 4.90 Å². The molecule has 0 radical (unpaired) electrons. The Balaban J connectivity index is 1.44. The number of aromatic nitrogens is 2. The largest absolute Gasteiger partial charge is 0.416 e. The Kier molecular flexibility index (Phi) is 5.83. The molecule has 8 nitrogen and oxygen atoms in total. The summed E-state index contributed by atoms with van der Waals surface area (Å²) in [6.07, 6.45) is -4.45. The van der Waals surface area contributed by atoms with Gasteiger partial charge in [-0.1, -0.05) is 29.4 Å². The van der Waals surface area contributed by atoms with E-state index in [9.17, 15) is 23.3 Å². The Morgan fingerprint density at radius 1 is 1.09 bits per heavy atom. The van der Waals surface area contributed by atoms with Crippen LogP contribution in [-0.4, -0.2) is 46.1 Å². The van der Waals surface area contributed by atoms with Crippen molar-refractivity contribution in [1.29, 1.82) is 0 Å². The van der Waals surface area contributed by atoms with E-state index < -0.39 is 16.7 Å². The van der Waals surface area contributed by atoms with Crippen LogP contribution in [0.4, 0.5) is 24.5 Å². The number of piperazine rings is 1. The molecule has 168 valence electrons. The second-order valence-corrected chi connectivity index (χ2v) is 7.48. The van der Waals surface area contributed by atoms with Gasteiger partial charge in [0.15, 0.2) is 0 Å². The summed E-state index contributed by atoms with van der Waals surface area (Å²) in [5, 5.41) is 15.1. The average molecular weight is 447 g/mol. The van der Waals surface area contributed by atoms with Crippen LogP contribution in [-0.2, 0) is 6.18 Å². The lowest BCUT2D eigenvalue weighted by molar-refractivity contribution is -0.384. The number of halogens is 3. The first-order valence-electron chi connectivity index (χ1n) is 9.97. The second-order valence-electron chi connectivity index (χ2n) is 7.48. The molecule has 4 rings (SSSR count). The van der Waals surface area contributed by atoms with Crippen LogP contribution in [0.15, 0.2) is 53.1 Å². The maximum atomic E-state index is 13.0. The first-order valence-corrected chi connectivity index (χ1v) is 9.97. The van der Waals surface area contributed by atoms with Gasteiger partial charge in [0.25, 0.3) is 5.69 Å². The summed E-state index contributed by atoms with van der Waals surface area (Å²) in [5.41, 5.74) is 0.0924. The highest BCUT2D eigenvalue weighted by molar-refractivity contribution is 5.63. The zero-order valence-corrected chi connectivity index (χ0v) is 17.1. The molecule has 1 unspecified atom stereocenters. The number of benzene rings is 2. The molecule has 2 aromatic carbocycles. The highest BCUT2D eigenvalue weighted by Crippen LogP contribution is 2.33. The van der Waals surface area contributed by atoms with Gasteiger partial charge >= 0.3 is 6.18 Å². The fourth-order valence-electron chi connectivity index (χ4n) is 3.75. The zero-order chi connectivity index (χ0) is 22.9. The van der Waals surface area contributed by atoms with Crippen molar-refractivity contribution < 1.29 is 22.6 Å². The minimum atomic E-state index is -4.45. The van der Waals surface area contributed by atoms with Gasteiger partial charge in [0, 0.05) is 37.8 Å². The third kappa shape index (κ3) is 4.42. The summed E-state index contributed by atoms with van der Waals surface area (Å²) < 4.78 is 44.2. The lowest BCUT2D eigenvalue weighted by Gasteiger charge is -2.37. The molecule has 0 spiro atoms. The first-order chi connectivity index (χ1) is 15.2. The van der Waals surface area contributed by atoms with E-state index in [0.29, 0.717) is 37.8 Å². The maximum absolute atomic E-state index is 13.0. The topological polar surface area (TPSA) is 88.5 Å². The van der Waals surface area contributed by atoms with Gasteiger partial charge in [-0.2, -0.15) is 18.2 Å². The van der Waals surface area contributed by atoms with Crippen molar-refractivity contribution >= 4 is 11.4 Å². The fraction of sp³-hybridized carbons (Fsp3) is 0.333.